The van der Waals surface area contributed by atoms with Crippen LogP contribution in [0.1, 0.15) is 13.8 Å². The van der Waals surface area contributed by atoms with E-state index in [1.165, 1.54) is 5.57 Å². The van der Waals surface area contributed by atoms with Crippen molar-refractivity contribution in [1.29, 1.82) is 0 Å². The van der Waals surface area contributed by atoms with E-state index in [2.05, 4.69) is 10.4 Å². The molecule has 0 aromatic rings. The fourth-order valence-electron chi connectivity index (χ4n) is 1.06. The van der Waals surface area contributed by atoms with Gasteiger partial charge in [-0.2, -0.15) is 0 Å². The molecule has 0 atom stereocenters. The SMILES string of the molecule is CC(C)=C1N(C)N=NN1C. The van der Waals surface area contributed by atoms with E-state index in [-0.39, 0.29) is 0 Å². The summed E-state index contributed by atoms with van der Waals surface area (Å²) < 4.78 is 0. The summed E-state index contributed by atoms with van der Waals surface area (Å²) in [6.45, 7) is 4.08. The van der Waals surface area contributed by atoms with Crippen LogP contribution in [0.5, 0.6) is 0 Å². The van der Waals surface area contributed by atoms with Gasteiger partial charge in [0.1, 0.15) is 5.82 Å². The molecule has 0 unspecified atom stereocenters. The first-order valence-corrected chi connectivity index (χ1v) is 3.19. The predicted octanol–water partition coefficient (Wildman–Crippen LogP) is 1.40. The Balaban J connectivity index is 2.90. The molecule has 0 aromatic carbocycles. The Bertz CT molecular complexity index is 176. The van der Waals surface area contributed by atoms with Crippen LogP contribution in [0.3, 0.4) is 0 Å². The second-order valence-corrected chi connectivity index (χ2v) is 2.55. The van der Waals surface area contributed by atoms with Crippen molar-refractivity contribution < 1.29 is 0 Å². The molecule has 1 aliphatic heterocycles. The molecule has 0 fully saturated rings. The maximum atomic E-state index is 3.85. The average Bonchev–Trinajstić information content (AvgIpc) is 2.11. The Morgan fingerprint density at radius 3 is 1.70 bits per heavy atom. The molecule has 0 N–H and O–H groups in total. The smallest absolute Gasteiger partial charge is 0.146 e. The van der Waals surface area contributed by atoms with E-state index >= 15 is 0 Å². The van der Waals surface area contributed by atoms with Crippen molar-refractivity contribution in [2.24, 2.45) is 10.4 Å². The van der Waals surface area contributed by atoms with Gasteiger partial charge in [0.05, 0.1) is 0 Å². The highest BCUT2D eigenvalue weighted by Gasteiger charge is 2.16. The summed E-state index contributed by atoms with van der Waals surface area (Å²) >= 11 is 0. The normalized spacial score (nSPS) is 17.0. The van der Waals surface area contributed by atoms with Crippen molar-refractivity contribution in [3.05, 3.63) is 11.4 Å². The van der Waals surface area contributed by atoms with Crippen LogP contribution >= 0.6 is 0 Å². The van der Waals surface area contributed by atoms with E-state index in [0.717, 1.165) is 5.82 Å². The van der Waals surface area contributed by atoms with Crippen molar-refractivity contribution in [3.63, 3.8) is 0 Å². The first kappa shape index (κ1) is 7.05. The first-order valence-electron chi connectivity index (χ1n) is 3.19. The van der Waals surface area contributed by atoms with Gasteiger partial charge in [0.2, 0.25) is 0 Å². The summed E-state index contributed by atoms with van der Waals surface area (Å²) in [4.78, 5) is 0. The summed E-state index contributed by atoms with van der Waals surface area (Å²) in [6, 6.07) is 0. The zero-order valence-corrected chi connectivity index (χ0v) is 6.79. The van der Waals surface area contributed by atoms with Crippen molar-refractivity contribution in [2.45, 2.75) is 13.8 Å². The number of allylic oxidation sites excluding steroid dienone is 1. The van der Waals surface area contributed by atoms with E-state index < -0.39 is 0 Å². The predicted molar refractivity (Wildman–Crippen MR) is 38.8 cm³/mol. The van der Waals surface area contributed by atoms with E-state index in [1.54, 1.807) is 10.0 Å². The van der Waals surface area contributed by atoms with Gasteiger partial charge in [0.25, 0.3) is 0 Å². The van der Waals surface area contributed by atoms with Gasteiger partial charge in [-0.3, -0.25) is 0 Å². The lowest BCUT2D eigenvalue weighted by Gasteiger charge is -2.13. The molecule has 4 heteroatoms. The highest BCUT2D eigenvalue weighted by Crippen LogP contribution is 2.18. The van der Waals surface area contributed by atoms with Crippen molar-refractivity contribution in [1.82, 2.24) is 10.0 Å². The highest BCUT2D eigenvalue weighted by atomic mass is 15.8. The van der Waals surface area contributed by atoms with Crippen LogP contribution in [0.2, 0.25) is 0 Å². The molecule has 1 heterocycles. The van der Waals surface area contributed by atoms with Gasteiger partial charge in [0, 0.05) is 14.1 Å². The van der Waals surface area contributed by atoms with Crippen molar-refractivity contribution in [3.8, 4) is 0 Å². The number of rotatable bonds is 0. The van der Waals surface area contributed by atoms with E-state index in [0.29, 0.717) is 0 Å². The zero-order valence-electron chi connectivity index (χ0n) is 6.79. The minimum absolute atomic E-state index is 1.06. The molecule has 56 valence electrons. The van der Waals surface area contributed by atoms with Gasteiger partial charge in [-0.1, -0.05) is 0 Å². The second-order valence-electron chi connectivity index (χ2n) is 2.55. The second kappa shape index (κ2) is 2.28. The molecule has 1 rings (SSSR count). The Morgan fingerprint density at radius 1 is 1.10 bits per heavy atom. The topological polar surface area (TPSA) is 31.2 Å². The molecular weight excluding hydrogens is 128 g/mol. The van der Waals surface area contributed by atoms with Gasteiger partial charge in [-0.25, -0.2) is 10.0 Å². The fraction of sp³-hybridized carbons (Fsp3) is 0.667. The van der Waals surface area contributed by atoms with Crippen LogP contribution in [0.25, 0.3) is 0 Å². The van der Waals surface area contributed by atoms with Gasteiger partial charge in [-0.05, 0) is 29.9 Å². The summed E-state index contributed by atoms with van der Waals surface area (Å²) in [7, 11) is 3.77. The monoisotopic (exact) mass is 140 g/mol. The molecule has 10 heavy (non-hydrogen) atoms. The molecule has 0 saturated carbocycles. The third-order valence-corrected chi connectivity index (χ3v) is 1.37. The lowest BCUT2D eigenvalue weighted by molar-refractivity contribution is 0.372. The Kier molecular flexibility index (Phi) is 1.61. The highest BCUT2D eigenvalue weighted by molar-refractivity contribution is 5.06. The Labute approximate surface area is 60.8 Å². The molecule has 0 aliphatic carbocycles. The third kappa shape index (κ3) is 0.964. The molecule has 0 bridgehead atoms. The quantitative estimate of drug-likeness (QED) is 0.509. The molecule has 4 nitrogen and oxygen atoms in total. The summed E-state index contributed by atoms with van der Waals surface area (Å²) in [6.07, 6.45) is 0. The largest absolute Gasteiger partial charge is 0.231 e. The number of nitrogens with zero attached hydrogens (tertiary/aromatic N) is 4. The zero-order chi connectivity index (χ0) is 7.72. The van der Waals surface area contributed by atoms with Crippen molar-refractivity contribution >= 4 is 0 Å². The molecule has 0 spiro atoms. The lowest BCUT2D eigenvalue weighted by atomic mass is 10.3. The van der Waals surface area contributed by atoms with Crippen LogP contribution < -0.4 is 0 Å². The summed E-state index contributed by atoms with van der Waals surface area (Å²) in [5.74, 6) is 1.06. The number of hydrogen-bond acceptors (Lipinski definition) is 4. The Hall–Kier alpha value is -1.06. The van der Waals surface area contributed by atoms with Gasteiger partial charge < -0.3 is 0 Å². The average molecular weight is 140 g/mol. The van der Waals surface area contributed by atoms with E-state index in [4.69, 9.17) is 0 Å². The van der Waals surface area contributed by atoms with Crippen molar-refractivity contribution in [2.75, 3.05) is 14.1 Å². The molecule has 0 radical (unpaired) electrons. The first-order chi connectivity index (χ1) is 4.63. The van der Waals surface area contributed by atoms with Crippen LogP contribution in [0.15, 0.2) is 21.8 Å². The lowest BCUT2D eigenvalue weighted by Crippen LogP contribution is -2.17. The van der Waals surface area contributed by atoms with Gasteiger partial charge in [0.15, 0.2) is 0 Å². The van der Waals surface area contributed by atoms with Crippen LogP contribution in [-0.2, 0) is 0 Å². The Morgan fingerprint density at radius 2 is 1.50 bits per heavy atom. The molecule has 1 aliphatic rings. The molecule has 0 aromatic heterocycles. The summed E-state index contributed by atoms with van der Waals surface area (Å²) in [5, 5.41) is 11.2. The summed E-state index contributed by atoms with van der Waals surface area (Å²) in [5.41, 5.74) is 1.22. The minimum Gasteiger partial charge on any atom is -0.231 e. The van der Waals surface area contributed by atoms with Gasteiger partial charge in [-0.15, -0.1) is 0 Å². The maximum absolute atomic E-state index is 3.85. The fourth-order valence-corrected chi connectivity index (χ4v) is 1.06. The third-order valence-electron chi connectivity index (χ3n) is 1.37. The maximum Gasteiger partial charge on any atom is 0.146 e. The van der Waals surface area contributed by atoms with Crippen LogP contribution in [0.4, 0.5) is 0 Å². The van der Waals surface area contributed by atoms with Gasteiger partial charge >= 0.3 is 0 Å². The van der Waals surface area contributed by atoms with Crippen LogP contribution in [0, 0.1) is 0 Å². The minimum atomic E-state index is 1.06. The molecule has 0 amide bonds. The van der Waals surface area contributed by atoms with E-state index in [9.17, 15) is 0 Å². The number of hydrogen-bond donors (Lipinski definition) is 0. The molecular formula is C6H12N4. The van der Waals surface area contributed by atoms with E-state index in [1.807, 2.05) is 27.9 Å². The molecule has 0 saturated heterocycles. The van der Waals surface area contributed by atoms with Crippen LogP contribution in [-0.4, -0.2) is 24.1 Å². The standard InChI is InChI=1S/C6H12N4/c1-5(2)6-9(3)7-8-10(6)4/h1-4H3.